The predicted octanol–water partition coefficient (Wildman–Crippen LogP) is 3.21. The highest BCUT2D eigenvalue weighted by molar-refractivity contribution is 6.47. The molecule has 2 N–H and O–H groups in total. The van der Waals surface area contributed by atoms with Crippen molar-refractivity contribution >= 4 is 16.9 Å². The zero-order valence-electron chi connectivity index (χ0n) is 19.8. The number of hydrogen-bond donors (Lipinski definition) is 1. The summed E-state index contributed by atoms with van der Waals surface area (Å²) in [6.45, 7) is 4.02. The molecule has 0 amide bonds. The normalized spacial score (nSPS) is 19.8. The van der Waals surface area contributed by atoms with Gasteiger partial charge in [-0.2, -0.15) is 15.5 Å². The van der Waals surface area contributed by atoms with Gasteiger partial charge in [0.15, 0.2) is 12.0 Å². The SMILES string of the molecule is CC(=NC1CCN(C#N)CC1F)/C(=N\N)c1cc(OCC(C)c2ccc(F)cn2)c2c(F)cnn2c1. The number of alkyl halides is 1. The van der Waals surface area contributed by atoms with Gasteiger partial charge in [0.2, 0.25) is 0 Å². The van der Waals surface area contributed by atoms with Crippen LogP contribution in [0.3, 0.4) is 0 Å². The molecule has 4 heterocycles. The maximum absolute atomic E-state index is 14.6. The third-order valence-corrected chi connectivity index (χ3v) is 6.03. The van der Waals surface area contributed by atoms with Crippen LogP contribution in [0.4, 0.5) is 13.2 Å². The molecule has 36 heavy (non-hydrogen) atoms. The molecule has 1 fully saturated rings. The summed E-state index contributed by atoms with van der Waals surface area (Å²) in [5.74, 6) is 4.63. The minimum absolute atomic E-state index is 0.0232. The zero-order chi connectivity index (χ0) is 25.8. The Kier molecular flexibility index (Phi) is 7.38. The standard InChI is InChI=1S/C24H25F3N8O/c1-14(20-4-3-17(25)8-30-20)12-36-22-7-16(10-35-24(22)18(26)9-31-35)23(33-29)15(2)32-21-5-6-34(13-28)11-19(21)27/h3-4,7-10,14,19,21H,5-6,11-12,29H2,1-2H3/b32-15?,33-23+. The number of nitrogens with two attached hydrogens (primary N) is 1. The van der Waals surface area contributed by atoms with Crippen LogP contribution in [0.5, 0.6) is 5.75 Å². The van der Waals surface area contributed by atoms with Gasteiger partial charge in [0.05, 0.1) is 37.3 Å². The molecule has 0 aromatic carbocycles. The first-order valence-electron chi connectivity index (χ1n) is 11.3. The average molecular weight is 499 g/mol. The van der Waals surface area contributed by atoms with E-state index in [-0.39, 0.29) is 36.0 Å². The van der Waals surface area contributed by atoms with E-state index >= 15 is 0 Å². The third kappa shape index (κ3) is 5.25. The maximum atomic E-state index is 14.6. The molecule has 1 aliphatic rings. The van der Waals surface area contributed by atoms with Gasteiger partial charge in [-0.3, -0.25) is 9.98 Å². The molecule has 0 bridgehead atoms. The number of fused-ring (bicyclic) bond motifs is 1. The number of ether oxygens (including phenoxy) is 1. The molecular formula is C24H25F3N8O. The molecule has 1 aliphatic heterocycles. The van der Waals surface area contributed by atoms with E-state index in [1.165, 1.54) is 21.7 Å². The molecule has 3 unspecified atom stereocenters. The van der Waals surface area contributed by atoms with E-state index in [1.54, 1.807) is 19.1 Å². The van der Waals surface area contributed by atoms with Gasteiger partial charge in [0.1, 0.15) is 29.0 Å². The number of likely N-dealkylation sites (tertiary alicyclic amines) is 1. The number of nitriles is 1. The van der Waals surface area contributed by atoms with Crippen molar-refractivity contribution in [2.75, 3.05) is 19.7 Å². The number of nitrogens with zero attached hydrogens (tertiary/aromatic N) is 7. The molecular weight excluding hydrogens is 473 g/mol. The van der Waals surface area contributed by atoms with Crippen molar-refractivity contribution in [3.8, 4) is 11.9 Å². The average Bonchev–Trinajstić information content (AvgIpc) is 3.25. The number of halogens is 3. The molecule has 3 aromatic rings. The van der Waals surface area contributed by atoms with Crippen LogP contribution in [0.2, 0.25) is 0 Å². The van der Waals surface area contributed by atoms with Gasteiger partial charge < -0.3 is 15.5 Å². The number of hydrazone groups is 1. The lowest BCUT2D eigenvalue weighted by molar-refractivity contribution is 0.163. The number of rotatable bonds is 7. The van der Waals surface area contributed by atoms with Crippen molar-refractivity contribution in [3.05, 3.63) is 59.7 Å². The summed E-state index contributed by atoms with van der Waals surface area (Å²) in [5, 5.41) is 16.9. The van der Waals surface area contributed by atoms with Crippen molar-refractivity contribution in [2.24, 2.45) is 15.9 Å². The summed E-state index contributed by atoms with van der Waals surface area (Å²) in [7, 11) is 0. The fourth-order valence-electron chi connectivity index (χ4n) is 4.08. The molecule has 0 aliphatic carbocycles. The van der Waals surface area contributed by atoms with Gasteiger partial charge >= 0.3 is 0 Å². The summed E-state index contributed by atoms with van der Waals surface area (Å²) in [4.78, 5) is 9.90. The van der Waals surface area contributed by atoms with Crippen LogP contribution in [0.25, 0.3) is 5.52 Å². The Morgan fingerprint density at radius 1 is 1.36 bits per heavy atom. The Labute approximate surface area is 205 Å². The van der Waals surface area contributed by atoms with Gasteiger partial charge in [-0.15, -0.1) is 0 Å². The van der Waals surface area contributed by atoms with Crippen molar-refractivity contribution in [2.45, 2.75) is 38.4 Å². The lowest BCUT2D eigenvalue weighted by Gasteiger charge is -2.29. The van der Waals surface area contributed by atoms with Crippen LogP contribution in [0, 0.1) is 23.1 Å². The minimum Gasteiger partial charge on any atom is -0.490 e. The molecule has 12 heteroatoms. The number of aliphatic imine (C=N–C) groups is 1. The van der Waals surface area contributed by atoms with Gasteiger partial charge in [-0.1, -0.05) is 6.92 Å². The van der Waals surface area contributed by atoms with Gasteiger partial charge in [-0.25, -0.2) is 17.7 Å². The fourth-order valence-corrected chi connectivity index (χ4v) is 4.08. The van der Waals surface area contributed by atoms with Crippen LogP contribution in [0.15, 0.2) is 46.9 Å². The Balaban J connectivity index is 1.60. The molecule has 0 radical (unpaired) electrons. The van der Waals surface area contributed by atoms with E-state index in [0.717, 1.165) is 12.4 Å². The highest BCUT2D eigenvalue weighted by Crippen LogP contribution is 2.27. The van der Waals surface area contributed by atoms with Crippen molar-refractivity contribution in [1.29, 1.82) is 5.26 Å². The van der Waals surface area contributed by atoms with Crippen LogP contribution in [-0.4, -0.2) is 62.8 Å². The molecule has 1 saturated heterocycles. The molecule has 0 spiro atoms. The van der Waals surface area contributed by atoms with E-state index in [0.29, 0.717) is 29.9 Å². The quantitative estimate of drug-likeness (QED) is 0.231. The maximum Gasteiger partial charge on any atom is 0.179 e. The van der Waals surface area contributed by atoms with E-state index in [1.807, 2.05) is 13.1 Å². The molecule has 0 saturated carbocycles. The Bertz CT molecular complexity index is 1330. The fraction of sp³-hybridized carbons (Fsp3) is 0.375. The zero-order valence-corrected chi connectivity index (χ0v) is 19.8. The third-order valence-electron chi connectivity index (χ3n) is 6.03. The predicted molar refractivity (Wildman–Crippen MR) is 128 cm³/mol. The van der Waals surface area contributed by atoms with Crippen LogP contribution in [0.1, 0.15) is 37.4 Å². The van der Waals surface area contributed by atoms with Gasteiger partial charge in [0, 0.05) is 29.9 Å². The van der Waals surface area contributed by atoms with Crippen molar-refractivity contribution < 1.29 is 17.9 Å². The Morgan fingerprint density at radius 3 is 2.83 bits per heavy atom. The van der Waals surface area contributed by atoms with E-state index in [4.69, 9.17) is 15.8 Å². The molecule has 188 valence electrons. The number of aromatic nitrogens is 3. The number of hydrogen-bond acceptors (Lipinski definition) is 8. The first-order valence-corrected chi connectivity index (χ1v) is 11.3. The second-order valence-electron chi connectivity index (χ2n) is 8.60. The van der Waals surface area contributed by atoms with Gasteiger partial charge in [0.25, 0.3) is 0 Å². The van der Waals surface area contributed by atoms with Crippen LogP contribution >= 0.6 is 0 Å². The second kappa shape index (κ2) is 10.6. The highest BCUT2D eigenvalue weighted by Gasteiger charge is 2.29. The summed E-state index contributed by atoms with van der Waals surface area (Å²) >= 11 is 0. The molecule has 9 nitrogen and oxygen atoms in total. The molecule has 4 rings (SSSR count). The molecule has 3 atom stereocenters. The monoisotopic (exact) mass is 498 g/mol. The number of pyridine rings is 2. The first-order chi connectivity index (χ1) is 17.3. The van der Waals surface area contributed by atoms with E-state index in [2.05, 4.69) is 20.2 Å². The minimum atomic E-state index is -1.31. The summed E-state index contributed by atoms with van der Waals surface area (Å²) in [5.41, 5.74) is 1.84. The number of piperidine rings is 1. The Hall–Kier alpha value is -4.14. The highest BCUT2D eigenvalue weighted by atomic mass is 19.1. The summed E-state index contributed by atoms with van der Waals surface area (Å²) < 4.78 is 49.5. The molecule has 3 aromatic heterocycles. The lowest BCUT2D eigenvalue weighted by Crippen LogP contribution is -2.42. The topological polar surface area (TPSA) is 117 Å². The van der Waals surface area contributed by atoms with Gasteiger partial charge in [-0.05, 0) is 31.5 Å². The van der Waals surface area contributed by atoms with Crippen LogP contribution in [-0.2, 0) is 0 Å². The summed E-state index contributed by atoms with van der Waals surface area (Å²) in [6.07, 6.45) is 4.74. The lowest BCUT2D eigenvalue weighted by atomic mass is 10.0. The smallest absolute Gasteiger partial charge is 0.179 e. The first kappa shape index (κ1) is 25.0. The largest absolute Gasteiger partial charge is 0.490 e. The summed E-state index contributed by atoms with van der Waals surface area (Å²) in [6, 6.07) is 3.80. The van der Waals surface area contributed by atoms with E-state index < -0.39 is 23.8 Å². The van der Waals surface area contributed by atoms with Crippen LogP contribution < -0.4 is 10.6 Å². The van der Waals surface area contributed by atoms with Crippen molar-refractivity contribution in [1.82, 2.24) is 19.5 Å². The second-order valence-corrected chi connectivity index (χ2v) is 8.60. The van der Waals surface area contributed by atoms with Crippen molar-refractivity contribution in [3.63, 3.8) is 0 Å². The van der Waals surface area contributed by atoms with E-state index in [9.17, 15) is 13.2 Å². The Morgan fingerprint density at radius 2 is 2.17 bits per heavy atom.